The molecule has 0 aliphatic rings. The first-order valence-corrected chi connectivity index (χ1v) is 7.38. The van der Waals surface area contributed by atoms with E-state index in [0.717, 1.165) is 27.9 Å². The van der Waals surface area contributed by atoms with Gasteiger partial charge in [0, 0.05) is 16.2 Å². The van der Waals surface area contributed by atoms with Crippen molar-refractivity contribution < 1.29 is 4.42 Å². The standard InChI is InChI=1S/C18H22N2O/c1-17(2,3)14-15(18(4,5)6)20-16-13(19-14)11-9-7-8-10-12(11)21-16/h7-10H,1-6H3. The molecule has 0 atom stereocenters. The molecule has 0 aliphatic heterocycles. The van der Waals surface area contributed by atoms with Gasteiger partial charge in [-0.2, -0.15) is 0 Å². The normalized spacial score (nSPS) is 13.2. The molecule has 2 aromatic heterocycles. The van der Waals surface area contributed by atoms with Crippen LogP contribution in [0, 0.1) is 0 Å². The highest BCUT2D eigenvalue weighted by atomic mass is 16.3. The van der Waals surface area contributed by atoms with Crippen molar-refractivity contribution in [3.05, 3.63) is 35.7 Å². The lowest BCUT2D eigenvalue weighted by molar-refractivity contribution is 0.497. The lowest BCUT2D eigenvalue weighted by atomic mass is 9.81. The number of rotatable bonds is 0. The predicted octanol–water partition coefficient (Wildman–Crippen LogP) is 4.97. The summed E-state index contributed by atoms with van der Waals surface area (Å²) in [6.45, 7) is 13.0. The Hall–Kier alpha value is -1.90. The molecule has 2 heterocycles. The maximum atomic E-state index is 5.88. The molecule has 3 heteroatoms. The molecule has 0 amide bonds. The summed E-state index contributed by atoms with van der Waals surface area (Å²) in [5, 5.41) is 1.03. The fraction of sp³-hybridized carbons (Fsp3) is 0.444. The van der Waals surface area contributed by atoms with Gasteiger partial charge in [-0.15, -0.1) is 0 Å². The third kappa shape index (κ3) is 2.31. The first kappa shape index (κ1) is 14.1. The largest absolute Gasteiger partial charge is 0.436 e. The molecule has 0 aliphatic carbocycles. The molecule has 0 radical (unpaired) electrons. The smallest absolute Gasteiger partial charge is 0.246 e. The molecule has 0 saturated carbocycles. The minimum absolute atomic E-state index is 0.0534. The number of aromatic nitrogens is 2. The molecule has 0 fully saturated rings. The van der Waals surface area contributed by atoms with Crippen LogP contribution >= 0.6 is 0 Å². The van der Waals surface area contributed by atoms with Crippen LogP contribution in [0.2, 0.25) is 0 Å². The van der Waals surface area contributed by atoms with Crippen molar-refractivity contribution in [2.45, 2.75) is 52.4 Å². The molecule has 1 aromatic carbocycles. The van der Waals surface area contributed by atoms with Gasteiger partial charge < -0.3 is 4.42 Å². The van der Waals surface area contributed by atoms with Gasteiger partial charge in [0.1, 0.15) is 11.1 Å². The number of furan rings is 1. The van der Waals surface area contributed by atoms with Gasteiger partial charge in [-0.25, -0.2) is 9.97 Å². The van der Waals surface area contributed by atoms with Crippen molar-refractivity contribution in [3.8, 4) is 0 Å². The van der Waals surface area contributed by atoms with Gasteiger partial charge in [0.25, 0.3) is 0 Å². The summed E-state index contributed by atoms with van der Waals surface area (Å²) in [4.78, 5) is 9.77. The Morgan fingerprint density at radius 2 is 1.38 bits per heavy atom. The topological polar surface area (TPSA) is 38.9 Å². The highest BCUT2D eigenvalue weighted by Crippen LogP contribution is 2.35. The molecule has 110 valence electrons. The van der Waals surface area contributed by atoms with Gasteiger partial charge in [0.2, 0.25) is 5.71 Å². The monoisotopic (exact) mass is 282 g/mol. The highest BCUT2D eigenvalue weighted by molar-refractivity contribution is 6.01. The van der Waals surface area contributed by atoms with Crippen LogP contribution in [0.5, 0.6) is 0 Å². The second-order valence-electron chi connectivity index (χ2n) is 7.67. The zero-order valence-corrected chi connectivity index (χ0v) is 13.6. The van der Waals surface area contributed by atoms with E-state index < -0.39 is 0 Å². The Kier molecular flexibility index (Phi) is 2.88. The van der Waals surface area contributed by atoms with E-state index in [4.69, 9.17) is 14.4 Å². The van der Waals surface area contributed by atoms with Crippen LogP contribution in [0.25, 0.3) is 22.2 Å². The Balaban J connectivity index is 2.44. The summed E-state index contributed by atoms with van der Waals surface area (Å²) in [7, 11) is 0. The lowest BCUT2D eigenvalue weighted by Gasteiger charge is -2.27. The number of nitrogens with zero attached hydrogens (tertiary/aromatic N) is 2. The lowest BCUT2D eigenvalue weighted by Crippen LogP contribution is -2.25. The molecule has 3 rings (SSSR count). The van der Waals surface area contributed by atoms with Crippen molar-refractivity contribution >= 4 is 22.2 Å². The van der Waals surface area contributed by atoms with Crippen LogP contribution in [0.3, 0.4) is 0 Å². The maximum Gasteiger partial charge on any atom is 0.246 e. The van der Waals surface area contributed by atoms with Gasteiger partial charge in [0.05, 0.1) is 11.4 Å². The molecule has 0 saturated heterocycles. The fourth-order valence-corrected chi connectivity index (χ4v) is 2.57. The first-order chi connectivity index (χ1) is 9.68. The van der Waals surface area contributed by atoms with E-state index in [1.807, 2.05) is 24.3 Å². The number of para-hydroxylation sites is 1. The average molecular weight is 282 g/mol. The molecule has 21 heavy (non-hydrogen) atoms. The van der Waals surface area contributed by atoms with Crippen LogP contribution < -0.4 is 0 Å². The molecule has 0 spiro atoms. The summed E-state index contributed by atoms with van der Waals surface area (Å²) in [6.07, 6.45) is 0. The van der Waals surface area contributed by atoms with Crippen LogP contribution in [0.15, 0.2) is 28.7 Å². The summed E-state index contributed by atoms with van der Waals surface area (Å²) in [5.74, 6) is 0. The minimum atomic E-state index is -0.0667. The molecular formula is C18H22N2O. The Morgan fingerprint density at radius 1 is 0.810 bits per heavy atom. The van der Waals surface area contributed by atoms with Crippen molar-refractivity contribution in [1.29, 1.82) is 0 Å². The van der Waals surface area contributed by atoms with E-state index in [9.17, 15) is 0 Å². The Bertz CT molecular complexity index is 817. The van der Waals surface area contributed by atoms with Gasteiger partial charge in [-0.1, -0.05) is 53.7 Å². The van der Waals surface area contributed by atoms with E-state index >= 15 is 0 Å². The van der Waals surface area contributed by atoms with Crippen molar-refractivity contribution in [2.75, 3.05) is 0 Å². The number of hydrogen-bond acceptors (Lipinski definition) is 3. The summed E-state index contributed by atoms with van der Waals surface area (Å²) < 4.78 is 5.88. The Labute approximate surface area is 125 Å². The van der Waals surface area contributed by atoms with Gasteiger partial charge in [-0.3, -0.25) is 0 Å². The fourth-order valence-electron chi connectivity index (χ4n) is 2.57. The second kappa shape index (κ2) is 4.30. The average Bonchev–Trinajstić information content (AvgIpc) is 2.73. The van der Waals surface area contributed by atoms with Crippen LogP contribution in [-0.2, 0) is 10.8 Å². The van der Waals surface area contributed by atoms with Crippen LogP contribution in [-0.4, -0.2) is 9.97 Å². The van der Waals surface area contributed by atoms with Gasteiger partial charge in [0.15, 0.2) is 0 Å². The first-order valence-electron chi connectivity index (χ1n) is 7.38. The van der Waals surface area contributed by atoms with Crippen LogP contribution in [0.4, 0.5) is 0 Å². The van der Waals surface area contributed by atoms with E-state index in [-0.39, 0.29) is 10.8 Å². The van der Waals surface area contributed by atoms with E-state index in [2.05, 4.69) is 41.5 Å². The molecular weight excluding hydrogens is 260 g/mol. The SMILES string of the molecule is CC(C)(C)c1nc2oc3ccccc3c2nc1C(C)(C)C. The number of benzene rings is 1. The summed E-state index contributed by atoms with van der Waals surface area (Å²) in [5.41, 5.74) is 4.29. The van der Waals surface area contributed by atoms with Crippen LogP contribution in [0.1, 0.15) is 52.9 Å². The number of hydrogen-bond donors (Lipinski definition) is 0. The molecule has 3 nitrogen and oxygen atoms in total. The van der Waals surface area contributed by atoms with E-state index in [1.54, 1.807) is 0 Å². The zero-order valence-electron chi connectivity index (χ0n) is 13.6. The van der Waals surface area contributed by atoms with Gasteiger partial charge >= 0.3 is 0 Å². The van der Waals surface area contributed by atoms with Crippen molar-refractivity contribution in [1.82, 2.24) is 9.97 Å². The van der Waals surface area contributed by atoms with Crippen molar-refractivity contribution in [3.63, 3.8) is 0 Å². The predicted molar refractivity (Wildman–Crippen MR) is 86.7 cm³/mol. The molecule has 0 bridgehead atoms. The summed E-state index contributed by atoms with van der Waals surface area (Å²) >= 11 is 0. The molecule has 0 unspecified atom stereocenters. The van der Waals surface area contributed by atoms with Gasteiger partial charge in [-0.05, 0) is 12.1 Å². The maximum absolute atomic E-state index is 5.88. The van der Waals surface area contributed by atoms with E-state index in [0.29, 0.717) is 5.71 Å². The number of fused-ring (bicyclic) bond motifs is 3. The zero-order chi connectivity index (χ0) is 15.4. The molecule has 3 aromatic rings. The highest BCUT2D eigenvalue weighted by Gasteiger charge is 2.30. The second-order valence-corrected chi connectivity index (χ2v) is 7.67. The summed E-state index contributed by atoms with van der Waals surface area (Å²) in [6, 6.07) is 7.98. The minimum Gasteiger partial charge on any atom is -0.436 e. The van der Waals surface area contributed by atoms with Crippen molar-refractivity contribution in [2.24, 2.45) is 0 Å². The third-order valence-electron chi connectivity index (χ3n) is 3.63. The third-order valence-corrected chi connectivity index (χ3v) is 3.63. The Morgan fingerprint density at radius 3 is 2.00 bits per heavy atom. The molecule has 0 N–H and O–H groups in total. The quantitative estimate of drug-likeness (QED) is 0.584. The van der Waals surface area contributed by atoms with E-state index in [1.165, 1.54) is 0 Å².